The maximum atomic E-state index is 13.3. The molecule has 100 valence electrons. The van der Waals surface area contributed by atoms with E-state index in [4.69, 9.17) is 23.2 Å². The molecule has 0 radical (unpaired) electrons. The van der Waals surface area contributed by atoms with Crippen LogP contribution >= 0.6 is 39.1 Å². The third kappa shape index (κ3) is 3.93. The quantitative estimate of drug-likeness (QED) is 0.797. The van der Waals surface area contributed by atoms with Crippen molar-refractivity contribution in [2.45, 2.75) is 12.5 Å². The van der Waals surface area contributed by atoms with E-state index in [1.807, 2.05) is 0 Å². The minimum Gasteiger partial charge on any atom is -0.388 e. The Balaban J connectivity index is 2.20. The van der Waals surface area contributed by atoms with Crippen LogP contribution < -0.4 is 0 Å². The Hall–Kier alpha value is -0.610. The van der Waals surface area contributed by atoms with E-state index >= 15 is 0 Å². The van der Waals surface area contributed by atoms with Crippen molar-refractivity contribution in [1.29, 1.82) is 0 Å². The van der Waals surface area contributed by atoms with Gasteiger partial charge in [0, 0.05) is 10.9 Å². The number of aliphatic hydroxyl groups excluding tert-OH is 1. The molecule has 2 rings (SSSR count). The number of hydrogen-bond acceptors (Lipinski definition) is 1. The first-order valence-electron chi connectivity index (χ1n) is 5.53. The third-order valence-electron chi connectivity index (χ3n) is 2.68. The summed E-state index contributed by atoms with van der Waals surface area (Å²) in [6.45, 7) is 0. The molecule has 0 aliphatic carbocycles. The maximum Gasteiger partial charge on any atom is 0.124 e. The molecule has 2 aromatic rings. The van der Waals surface area contributed by atoms with E-state index in [-0.39, 0.29) is 0 Å². The fourth-order valence-corrected chi connectivity index (χ4v) is 2.58. The van der Waals surface area contributed by atoms with Crippen LogP contribution in [0.3, 0.4) is 0 Å². The van der Waals surface area contributed by atoms with Crippen LogP contribution in [0.1, 0.15) is 17.2 Å². The van der Waals surface area contributed by atoms with Crippen LogP contribution in [0.2, 0.25) is 10.0 Å². The van der Waals surface area contributed by atoms with Crippen molar-refractivity contribution in [1.82, 2.24) is 0 Å². The molecule has 0 aromatic heterocycles. The molecule has 1 unspecified atom stereocenters. The molecule has 0 saturated carbocycles. The van der Waals surface area contributed by atoms with Gasteiger partial charge in [0.1, 0.15) is 5.82 Å². The van der Waals surface area contributed by atoms with Gasteiger partial charge in [0.25, 0.3) is 0 Å². The van der Waals surface area contributed by atoms with Crippen molar-refractivity contribution < 1.29 is 9.50 Å². The van der Waals surface area contributed by atoms with Crippen LogP contribution in [0.25, 0.3) is 0 Å². The predicted octanol–water partition coefficient (Wildman–Crippen LogP) is 5.17. The van der Waals surface area contributed by atoms with E-state index in [9.17, 15) is 9.50 Å². The van der Waals surface area contributed by atoms with E-state index in [0.29, 0.717) is 26.5 Å². The van der Waals surface area contributed by atoms with E-state index < -0.39 is 11.9 Å². The summed E-state index contributed by atoms with van der Waals surface area (Å²) < 4.78 is 13.9. The van der Waals surface area contributed by atoms with E-state index in [1.165, 1.54) is 12.1 Å². The van der Waals surface area contributed by atoms with Gasteiger partial charge in [-0.15, -0.1) is 0 Å². The molecule has 0 heterocycles. The topological polar surface area (TPSA) is 20.2 Å². The van der Waals surface area contributed by atoms with E-state index in [0.717, 1.165) is 5.56 Å². The van der Waals surface area contributed by atoms with Crippen LogP contribution in [-0.2, 0) is 6.42 Å². The highest BCUT2D eigenvalue weighted by atomic mass is 79.9. The summed E-state index contributed by atoms with van der Waals surface area (Å²) in [7, 11) is 0. The standard InChI is InChI=1S/C14H10BrCl2FO/c15-10-5-9(6-11(18)7-10)14(19)4-8-1-2-12(16)13(17)3-8/h1-3,5-7,14,19H,4H2. The summed E-state index contributed by atoms with van der Waals surface area (Å²) in [4.78, 5) is 0. The van der Waals surface area contributed by atoms with Crippen LogP contribution in [0.15, 0.2) is 40.9 Å². The SMILES string of the molecule is OC(Cc1ccc(Cl)c(Cl)c1)c1cc(F)cc(Br)c1. The van der Waals surface area contributed by atoms with E-state index in [2.05, 4.69) is 15.9 Å². The molecule has 0 spiro atoms. The average molecular weight is 364 g/mol. The molecule has 2 aromatic carbocycles. The molecule has 0 fully saturated rings. The second-order valence-electron chi connectivity index (χ2n) is 4.17. The number of hydrogen-bond donors (Lipinski definition) is 1. The second-order valence-corrected chi connectivity index (χ2v) is 5.90. The van der Waals surface area contributed by atoms with Crippen molar-refractivity contribution in [2.24, 2.45) is 0 Å². The van der Waals surface area contributed by atoms with Crippen LogP contribution in [-0.4, -0.2) is 5.11 Å². The molecule has 1 N–H and O–H groups in total. The molecule has 0 bridgehead atoms. The van der Waals surface area contributed by atoms with Crippen LogP contribution in [0, 0.1) is 5.82 Å². The molecular weight excluding hydrogens is 354 g/mol. The van der Waals surface area contributed by atoms with Gasteiger partial charge in [0.2, 0.25) is 0 Å². The molecule has 19 heavy (non-hydrogen) atoms. The molecule has 1 atom stereocenters. The van der Waals surface area contributed by atoms with Crippen molar-refractivity contribution in [3.63, 3.8) is 0 Å². The van der Waals surface area contributed by atoms with Crippen molar-refractivity contribution >= 4 is 39.1 Å². The Kier molecular flexibility index (Phi) is 4.85. The summed E-state index contributed by atoms with van der Waals surface area (Å²) in [6.07, 6.45) is -0.462. The van der Waals surface area contributed by atoms with Crippen molar-refractivity contribution in [2.75, 3.05) is 0 Å². The summed E-state index contributed by atoms with van der Waals surface area (Å²) in [5.74, 6) is -0.391. The lowest BCUT2D eigenvalue weighted by atomic mass is 10.0. The predicted molar refractivity (Wildman–Crippen MR) is 79.2 cm³/mol. The molecule has 5 heteroatoms. The number of rotatable bonds is 3. The van der Waals surface area contributed by atoms with Crippen molar-refractivity contribution in [3.8, 4) is 0 Å². The largest absolute Gasteiger partial charge is 0.388 e. The lowest BCUT2D eigenvalue weighted by Gasteiger charge is -2.12. The molecule has 0 amide bonds. The first-order chi connectivity index (χ1) is 8.95. The van der Waals surface area contributed by atoms with Crippen LogP contribution in [0.5, 0.6) is 0 Å². The highest BCUT2D eigenvalue weighted by Crippen LogP contribution is 2.27. The first kappa shape index (κ1) is 14.8. The van der Waals surface area contributed by atoms with Gasteiger partial charge in [-0.05, 0) is 41.5 Å². The zero-order valence-electron chi connectivity index (χ0n) is 9.71. The highest BCUT2D eigenvalue weighted by molar-refractivity contribution is 9.10. The minimum atomic E-state index is -0.802. The average Bonchev–Trinajstić information content (AvgIpc) is 2.32. The zero-order chi connectivity index (χ0) is 14.0. The Morgan fingerprint density at radius 1 is 1.11 bits per heavy atom. The van der Waals surface area contributed by atoms with Gasteiger partial charge in [-0.1, -0.05) is 45.2 Å². The third-order valence-corrected chi connectivity index (χ3v) is 3.88. The van der Waals surface area contributed by atoms with E-state index in [1.54, 1.807) is 24.3 Å². The second kappa shape index (κ2) is 6.23. The van der Waals surface area contributed by atoms with Gasteiger partial charge in [0.05, 0.1) is 16.1 Å². The summed E-state index contributed by atoms with van der Waals surface area (Å²) >= 11 is 14.9. The molecular formula is C14H10BrCl2FO. The smallest absolute Gasteiger partial charge is 0.124 e. The molecule has 0 aliphatic heterocycles. The molecule has 1 nitrogen and oxygen atoms in total. The Bertz CT molecular complexity index is 584. The maximum absolute atomic E-state index is 13.3. The van der Waals surface area contributed by atoms with Gasteiger partial charge in [-0.25, -0.2) is 4.39 Å². The Morgan fingerprint density at radius 3 is 2.47 bits per heavy atom. The summed E-state index contributed by atoms with van der Waals surface area (Å²) in [5, 5.41) is 11.0. The first-order valence-corrected chi connectivity index (χ1v) is 7.08. The van der Waals surface area contributed by atoms with Gasteiger partial charge in [-0.3, -0.25) is 0 Å². The number of halogens is 4. The summed E-state index contributed by atoms with van der Waals surface area (Å²) in [5.41, 5.74) is 1.35. The van der Waals surface area contributed by atoms with Gasteiger partial charge in [-0.2, -0.15) is 0 Å². The van der Waals surface area contributed by atoms with Gasteiger partial charge >= 0.3 is 0 Å². The Morgan fingerprint density at radius 2 is 1.84 bits per heavy atom. The van der Waals surface area contributed by atoms with Crippen molar-refractivity contribution in [3.05, 3.63) is 67.9 Å². The lowest BCUT2D eigenvalue weighted by Crippen LogP contribution is -2.02. The number of benzene rings is 2. The Labute approximate surface area is 129 Å². The number of aliphatic hydroxyl groups is 1. The molecule has 0 aliphatic rings. The van der Waals surface area contributed by atoms with Gasteiger partial charge in [0.15, 0.2) is 0 Å². The summed E-state index contributed by atoms with van der Waals surface area (Å²) in [6, 6.07) is 9.49. The molecule has 0 saturated heterocycles. The zero-order valence-corrected chi connectivity index (χ0v) is 12.8. The minimum absolute atomic E-state index is 0.340. The lowest BCUT2D eigenvalue weighted by molar-refractivity contribution is 0.178. The van der Waals surface area contributed by atoms with Gasteiger partial charge < -0.3 is 5.11 Å². The monoisotopic (exact) mass is 362 g/mol. The van der Waals surface area contributed by atoms with Crippen LogP contribution in [0.4, 0.5) is 4.39 Å². The fraction of sp³-hybridized carbons (Fsp3) is 0.143. The highest BCUT2D eigenvalue weighted by Gasteiger charge is 2.11. The fourth-order valence-electron chi connectivity index (χ4n) is 1.78. The normalized spacial score (nSPS) is 12.5.